The maximum atomic E-state index is 12.6. The summed E-state index contributed by atoms with van der Waals surface area (Å²) in [7, 11) is 1.70. The molecule has 2 aromatic rings. The zero-order valence-electron chi connectivity index (χ0n) is 19.6. The van der Waals surface area contributed by atoms with Gasteiger partial charge in [-0.05, 0) is 79.9 Å². The Balaban J connectivity index is 1.26. The van der Waals surface area contributed by atoms with Crippen LogP contribution in [0.15, 0.2) is 60.7 Å². The number of benzene rings is 2. The lowest BCUT2D eigenvalue weighted by molar-refractivity contribution is -0.127. The van der Waals surface area contributed by atoms with Crippen molar-refractivity contribution < 1.29 is 14.6 Å². The standard InChI is InChI=1S/C28H36N2O3/c1-33-26-10-8-23(9-11-26)24-13-17-29(18-14-24)27(21-31)25-15-19-30(20-16-25)28(32)12-7-22-5-3-2-4-6-22/h2-12,24-25,27,31H,13-21H2,1H3/b12-7+. The van der Waals surface area contributed by atoms with E-state index >= 15 is 0 Å². The molecule has 4 rings (SSSR count). The zero-order valence-corrected chi connectivity index (χ0v) is 19.6. The zero-order chi connectivity index (χ0) is 23.0. The van der Waals surface area contributed by atoms with E-state index < -0.39 is 0 Å². The van der Waals surface area contributed by atoms with Gasteiger partial charge in [0.25, 0.3) is 0 Å². The molecule has 2 aliphatic rings. The van der Waals surface area contributed by atoms with E-state index in [4.69, 9.17) is 4.74 Å². The number of nitrogens with zero attached hydrogens (tertiary/aromatic N) is 2. The topological polar surface area (TPSA) is 53.0 Å². The van der Waals surface area contributed by atoms with E-state index in [1.807, 2.05) is 53.4 Å². The Morgan fingerprint density at radius 2 is 1.67 bits per heavy atom. The molecule has 176 valence electrons. The minimum Gasteiger partial charge on any atom is -0.497 e. The van der Waals surface area contributed by atoms with Crippen LogP contribution in [0.25, 0.3) is 6.08 Å². The number of amides is 1. The summed E-state index contributed by atoms with van der Waals surface area (Å²) in [6, 6.07) is 18.6. The summed E-state index contributed by atoms with van der Waals surface area (Å²) >= 11 is 0. The first-order valence-electron chi connectivity index (χ1n) is 12.2. The number of carbonyl (C=O) groups excluding carboxylic acids is 1. The molecule has 1 N–H and O–H groups in total. The molecular formula is C28H36N2O3. The quantitative estimate of drug-likeness (QED) is 0.646. The second kappa shape index (κ2) is 11.5. The number of likely N-dealkylation sites (tertiary alicyclic amines) is 2. The van der Waals surface area contributed by atoms with Gasteiger partial charge in [-0.25, -0.2) is 0 Å². The van der Waals surface area contributed by atoms with Crippen molar-refractivity contribution in [3.63, 3.8) is 0 Å². The first-order valence-corrected chi connectivity index (χ1v) is 12.2. The molecule has 1 amide bonds. The van der Waals surface area contributed by atoms with Crippen LogP contribution in [-0.4, -0.2) is 66.8 Å². The number of hydrogen-bond acceptors (Lipinski definition) is 4. The van der Waals surface area contributed by atoms with Gasteiger partial charge < -0.3 is 14.7 Å². The number of rotatable bonds is 7. The van der Waals surface area contributed by atoms with Crippen molar-refractivity contribution in [2.45, 2.75) is 37.6 Å². The van der Waals surface area contributed by atoms with Crippen molar-refractivity contribution in [1.29, 1.82) is 0 Å². The van der Waals surface area contributed by atoms with Gasteiger partial charge >= 0.3 is 0 Å². The summed E-state index contributed by atoms with van der Waals surface area (Å²) in [6.45, 7) is 3.75. The van der Waals surface area contributed by atoms with E-state index in [0.717, 1.165) is 63.2 Å². The van der Waals surface area contributed by atoms with Crippen molar-refractivity contribution in [3.8, 4) is 5.75 Å². The molecule has 0 aromatic heterocycles. The monoisotopic (exact) mass is 448 g/mol. The van der Waals surface area contributed by atoms with Crippen molar-refractivity contribution >= 4 is 12.0 Å². The van der Waals surface area contributed by atoms with Crippen molar-refractivity contribution in [3.05, 3.63) is 71.8 Å². The second-order valence-electron chi connectivity index (χ2n) is 9.24. The first kappa shape index (κ1) is 23.5. The van der Waals surface area contributed by atoms with E-state index in [0.29, 0.717) is 11.8 Å². The van der Waals surface area contributed by atoms with Crippen LogP contribution in [0.5, 0.6) is 5.75 Å². The van der Waals surface area contributed by atoms with Crippen LogP contribution >= 0.6 is 0 Å². The van der Waals surface area contributed by atoms with E-state index in [1.54, 1.807) is 13.2 Å². The van der Waals surface area contributed by atoms with Crippen LogP contribution in [0, 0.1) is 5.92 Å². The number of aliphatic hydroxyl groups is 1. The molecule has 0 bridgehead atoms. The van der Waals surface area contributed by atoms with E-state index in [-0.39, 0.29) is 18.6 Å². The van der Waals surface area contributed by atoms with Crippen LogP contribution < -0.4 is 4.74 Å². The van der Waals surface area contributed by atoms with Gasteiger partial charge in [0.15, 0.2) is 0 Å². The highest BCUT2D eigenvalue weighted by Gasteiger charge is 2.33. The summed E-state index contributed by atoms with van der Waals surface area (Å²) < 4.78 is 5.28. The number of aliphatic hydroxyl groups excluding tert-OH is 1. The SMILES string of the molecule is COc1ccc(C2CCN(C(CO)C3CCN(C(=O)/C=C/c4ccccc4)CC3)CC2)cc1. The molecule has 2 aromatic carbocycles. The fourth-order valence-electron chi connectivity index (χ4n) is 5.34. The summed E-state index contributed by atoms with van der Waals surface area (Å²) in [6.07, 6.45) is 7.71. The molecule has 33 heavy (non-hydrogen) atoms. The number of piperidine rings is 2. The largest absolute Gasteiger partial charge is 0.497 e. The van der Waals surface area contributed by atoms with Crippen LogP contribution in [0.4, 0.5) is 0 Å². The minimum atomic E-state index is 0.0816. The smallest absolute Gasteiger partial charge is 0.246 e. The fourth-order valence-corrected chi connectivity index (χ4v) is 5.34. The molecule has 1 atom stereocenters. The van der Waals surface area contributed by atoms with Gasteiger partial charge in [-0.2, -0.15) is 0 Å². The van der Waals surface area contributed by atoms with Crippen molar-refractivity contribution in [2.24, 2.45) is 5.92 Å². The Hall–Kier alpha value is -2.63. The van der Waals surface area contributed by atoms with Gasteiger partial charge in [0.05, 0.1) is 13.7 Å². The molecule has 0 saturated carbocycles. The summed E-state index contributed by atoms with van der Waals surface area (Å²) in [4.78, 5) is 17.0. The van der Waals surface area contributed by atoms with Gasteiger partial charge in [-0.15, -0.1) is 0 Å². The Morgan fingerprint density at radius 1 is 1.00 bits per heavy atom. The van der Waals surface area contributed by atoms with Gasteiger partial charge in [-0.3, -0.25) is 9.69 Å². The Morgan fingerprint density at radius 3 is 2.27 bits per heavy atom. The highest BCUT2D eigenvalue weighted by Crippen LogP contribution is 2.32. The van der Waals surface area contributed by atoms with E-state index in [2.05, 4.69) is 17.0 Å². The van der Waals surface area contributed by atoms with Gasteiger partial charge in [0.1, 0.15) is 5.75 Å². The third-order valence-electron chi connectivity index (χ3n) is 7.39. The molecule has 0 spiro atoms. The molecule has 0 radical (unpaired) electrons. The highest BCUT2D eigenvalue weighted by molar-refractivity contribution is 5.91. The highest BCUT2D eigenvalue weighted by atomic mass is 16.5. The number of carbonyl (C=O) groups is 1. The van der Waals surface area contributed by atoms with Gasteiger partial charge in [0, 0.05) is 25.2 Å². The third-order valence-corrected chi connectivity index (χ3v) is 7.39. The summed E-state index contributed by atoms with van der Waals surface area (Å²) in [5, 5.41) is 10.2. The fraction of sp³-hybridized carbons (Fsp3) is 0.464. The molecule has 0 aliphatic carbocycles. The van der Waals surface area contributed by atoms with Crippen LogP contribution in [0.1, 0.15) is 42.7 Å². The third kappa shape index (κ3) is 6.04. The van der Waals surface area contributed by atoms with Gasteiger partial charge in [-0.1, -0.05) is 42.5 Å². The molecule has 1 unspecified atom stereocenters. The predicted octanol–water partition coefficient (Wildman–Crippen LogP) is 4.19. The predicted molar refractivity (Wildman–Crippen MR) is 132 cm³/mol. The van der Waals surface area contributed by atoms with Crippen LogP contribution in [0.3, 0.4) is 0 Å². The first-order chi connectivity index (χ1) is 16.2. The number of ether oxygens (including phenoxy) is 1. The second-order valence-corrected chi connectivity index (χ2v) is 9.24. The normalized spacial score (nSPS) is 19.6. The number of methoxy groups -OCH3 is 1. The lowest BCUT2D eigenvalue weighted by Crippen LogP contribution is -2.50. The Bertz CT molecular complexity index is 896. The van der Waals surface area contributed by atoms with E-state index in [1.165, 1.54) is 5.56 Å². The maximum absolute atomic E-state index is 12.6. The number of hydrogen-bond donors (Lipinski definition) is 1. The van der Waals surface area contributed by atoms with Crippen LogP contribution in [-0.2, 0) is 4.79 Å². The molecule has 2 fully saturated rings. The molecule has 5 nitrogen and oxygen atoms in total. The van der Waals surface area contributed by atoms with Crippen molar-refractivity contribution in [2.75, 3.05) is 39.9 Å². The lowest BCUT2D eigenvalue weighted by Gasteiger charge is -2.43. The summed E-state index contributed by atoms with van der Waals surface area (Å²) in [5.74, 6) is 1.99. The van der Waals surface area contributed by atoms with Crippen LogP contribution in [0.2, 0.25) is 0 Å². The molecule has 2 aliphatic heterocycles. The minimum absolute atomic E-state index is 0.0816. The average molecular weight is 449 g/mol. The Kier molecular flexibility index (Phi) is 8.19. The Labute approximate surface area is 197 Å². The molecular weight excluding hydrogens is 412 g/mol. The molecule has 2 heterocycles. The molecule has 5 heteroatoms. The van der Waals surface area contributed by atoms with Gasteiger partial charge in [0.2, 0.25) is 5.91 Å². The van der Waals surface area contributed by atoms with Crippen molar-refractivity contribution in [1.82, 2.24) is 9.80 Å². The average Bonchev–Trinajstić information content (AvgIpc) is 2.89. The summed E-state index contributed by atoms with van der Waals surface area (Å²) in [5.41, 5.74) is 2.42. The van der Waals surface area contributed by atoms with E-state index in [9.17, 15) is 9.90 Å². The molecule has 2 saturated heterocycles. The maximum Gasteiger partial charge on any atom is 0.246 e. The lowest BCUT2D eigenvalue weighted by atomic mass is 9.85.